The Kier molecular flexibility index (Phi) is 5.05. The van der Waals surface area contributed by atoms with Gasteiger partial charge in [-0.25, -0.2) is 8.42 Å². The minimum atomic E-state index is -3.54. The van der Waals surface area contributed by atoms with E-state index in [9.17, 15) is 13.2 Å². The van der Waals surface area contributed by atoms with Crippen molar-refractivity contribution < 1.29 is 17.9 Å². The van der Waals surface area contributed by atoms with Gasteiger partial charge in [0.05, 0.1) is 4.90 Å². The Labute approximate surface area is 144 Å². The van der Waals surface area contributed by atoms with Crippen molar-refractivity contribution in [2.75, 3.05) is 32.8 Å². The van der Waals surface area contributed by atoms with Crippen LogP contribution in [-0.2, 0) is 19.6 Å². The molecule has 1 aromatic rings. The Morgan fingerprint density at radius 3 is 2.48 bits per heavy atom. The third kappa shape index (κ3) is 3.45. The SMILES string of the molecule is O=C([C@H]1CCCO1)N1CCN(S(=O)(=O)c2ccccc2Br)CC1. The van der Waals surface area contributed by atoms with Crippen LogP contribution in [0.4, 0.5) is 0 Å². The van der Waals surface area contributed by atoms with Crippen molar-refractivity contribution in [2.45, 2.75) is 23.8 Å². The third-order valence-corrected chi connectivity index (χ3v) is 7.12. The number of amides is 1. The molecule has 0 aliphatic carbocycles. The molecule has 2 aliphatic heterocycles. The summed E-state index contributed by atoms with van der Waals surface area (Å²) in [6.07, 6.45) is 1.32. The molecule has 1 atom stereocenters. The van der Waals surface area contributed by atoms with E-state index in [4.69, 9.17) is 4.74 Å². The average molecular weight is 403 g/mol. The fourth-order valence-corrected chi connectivity index (χ4v) is 5.30. The topological polar surface area (TPSA) is 66.9 Å². The lowest BCUT2D eigenvalue weighted by atomic mass is 10.2. The molecule has 1 amide bonds. The van der Waals surface area contributed by atoms with E-state index in [2.05, 4.69) is 15.9 Å². The number of ether oxygens (including phenoxy) is 1. The first kappa shape index (κ1) is 16.9. The highest BCUT2D eigenvalue weighted by atomic mass is 79.9. The van der Waals surface area contributed by atoms with Crippen LogP contribution in [-0.4, -0.2) is 62.4 Å². The van der Waals surface area contributed by atoms with Crippen LogP contribution in [0.3, 0.4) is 0 Å². The van der Waals surface area contributed by atoms with Crippen molar-refractivity contribution in [3.8, 4) is 0 Å². The Balaban J connectivity index is 1.66. The second-order valence-corrected chi connectivity index (χ2v) is 8.42. The number of hydrogen-bond acceptors (Lipinski definition) is 4. The molecule has 0 radical (unpaired) electrons. The molecule has 3 rings (SSSR count). The molecule has 0 spiro atoms. The predicted molar refractivity (Wildman–Crippen MR) is 88.5 cm³/mol. The number of nitrogens with zero attached hydrogens (tertiary/aromatic N) is 2. The van der Waals surface area contributed by atoms with Crippen LogP contribution in [0.1, 0.15) is 12.8 Å². The van der Waals surface area contributed by atoms with Crippen molar-refractivity contribution in [1.29, 1.82) is 0 Å². The van der Waals surface area contributed by atoms with E-state index in [1.165, 1.54) is 4.31 Å². The molecular weight excluding hydrogens is 384 g/mol. The van der Waals surface area contributed by atoms with Crippen molar-refractivity contribution in [1.82, 2.24) is 9.21 Å². The highest BCUT2D eigenvalue weighted by Gasteiger charge is 2.34. The van der Waals surface area contributed by atoms with E-state index >= 15 is 0 Å². The molecule has 23 heavy (non-hydrogen) atoms. The molecular formula is C15H19BrN2O4S. The van der Waals surface area contributed by atoms with E-state index < -0.39 is 10.0 Å². The Morgan fingerprint density at radius 1 is 1.17 bits per heavy atom. The molecule has 0 bridgehead atoms. The van der Waals surface area contributed by atoms with E-state index in [-0.39, 0.29) is 16.9 Å². The van der Waals surface area contributed by atoms with Crippen LogP contribution in [0, 0.1) is 0 Å². The molecule has 0 unspecified atom stereocenters. The molecule has 6 nitrogen and oxygen atoms in total. The van der Waals surface area contributed by atoms with Crippen LogP contribution in [0.2, 0.25) is 0 Å². The molecule has 126 valence electrons. The lowest BCUT2D eigenvalue weighted by Gasteiger charge is -2.35. The Bertz CT molecular complexity index is 680. The monoisotopic (exact) mass is 402 g/mol. The average Bonchev–Trinajstić information content (AvgIpc) is 3.09. The number of halogens is 1. The predicted octanol–water partition coefficient (Wildman–Crippen LogP) is 1.46. The quantitative estimate of drug-likeness (QED) is 0.767. The summed E-state index contributed by atoms with van der Waals surface area (Å²) in [6.45, 7) is 2.06. The van der Waals surface area contributed by atoms with Gasteiger partial charge < -0.3 is 9.64 Å². The van der Waals surface area contributed by atoms with Gasteiger partial charge in [-0.2, -0.15) is 4.31 Å². The van der Waals surface area contributed by atoms with Crippen molar-refractivity contribution in [3.63, 3.8) is 0 Å². The van der Waals surface area contributed by atoms with Gasteiger partial charge in [-0.15, -0.1) is 0 Å². The fraction of sp³-hybridized carbons (Fsp3) is 0.533. The maximum absolute atomic E-state index is 12.7. The van der Waals surface area contributed by atoms with Crippen molar-refractivity contribution in [3.05, 3.63) is 28.7 Å². The number of hydrogen-bond donors (Lipinski definition) is 0. The lowest BCUT2D eigenvalue weighted by Crippen LogP contribution is -2.52. The van der Waals surface area contributed by atoms with Gasteiger partial charge in [-0.1, -0.05) is 12.1 Å². The largest absolute Gasteiger partial charge is 0.368 e. The highest BCUT2D eigenvalue weighted by Crippen LogP contribution is 2.25. The molecule has 0 aromatic heterocycles. The van der Waals surface area contributed by atoms with Crippen molar-refractivity contribution >= 4 is 31.9 Å². The van der Waals surface area contributed by atoms with E-state index in [1.54, 1.807) is 29.2 Å². The van der Waals surface area contributed by atoms with Gasteiger partial charge in [-0.3, -0.25) is 4.79 Å². The normalized spacial score (nSPS) is 23.2. The minimum Gasteiger partial charge on any atom is -0.368 e. The highest BCUT2D eigenvalue weighted by molar-refractivity contribution is 9.10. The second-order valence-electron chi connectivity index (χ2n) is 5.66. The summed E-state index contributed by atoms with van der Waals surface area (Å²) in [6, 6.07) is 6.78. The van der Waals surface area contributed by atoms with Crippen LogP contribution in [0.5, 0.6) is 0 Å². The third-order valence-electron chi connectivity index (χ3n) is 4.21. The zero-order valence-electron chi connectivity index (χ0n) is 12.7. The standard InChI is InChI=1S/C15H19BrN2O4S/c16-12-4-1-2-6-14(12)23(20,21)18-9-7-17(8-10-18)15(19)13-5-3-11-22-13/h1-2,4,6,13H,3,5,7-11H2/t13-/m1/s1. The second kappa shape index (κ2) is 6.88. The molecule has 2 aliphatic rings. The van der Waals surface area contributed by atoms with Gasteiger partial charge in [0.15, 0.2) is 0 Å². The van der Waals surface area contributed by atoms with Crippen LogP contribution < -0.4 is 0 Å². The van der Waals surface area contributed by atoms with Gasteiger partial charge in [0, 0.05) is 37.3 Å². The maximum Gasteiger partial charge on any atom is 0.251 e. The number of carbonyl (C=O) groups excluding carboxylic acids is 1. The first-order valence-corrected chi connectivity index (χ1v) is 9.88. The first-order chi connectivity index (χ1) is 11.0. The summed E-state index contributed by atoms with van der Waals surface area (Å²) < 4.78 is 32.8. The number of carbonyl (C=O) groups is 1. The fourth-order valence-electron chi connectivity index (χ4n) is 2.92. The number of benzene rings is 1. The van der Waals surface area contributed by atoms with E-state index in [1.807, 2.05) is 0 Å². The molecule has 2 saturated heterocycles. The Hall–Kier alpha value is -0.960. The zero-order valence-corrected chi connectivity index (χ0v) is 15.1. The van der Waals surface area contributed by atoms with E-state index in [0.29, 0.717) is 37.3 Å². The van der Waals surface area contributed by atoms with E-state index in [0.717, 1.165) is 12.8 Å². The molecule has 8 heteroatoms. The summed E-state index contributed by atoms with van der Waals surface area (Å²) in [4.78, 5) is 14.3. The smallest absolute Gasteiger partial charge is 0.251 e. The summed E-state index contributed by atoms with van der Waals surface area (Å²) in [5.74, 6) is -0.0135. The summed E-state index contributed by atoms with van der Waals surface area (Å²) >= 11 is 3.29. The van der Waals surface area contributed by atoms with Gasteiger partial charge in [-0.05, 0) is 40.9 Å². The van der Waals surface area contributed by atoms with Crippen LogP contribution in [0.15, 0.2) is 33.6 Å². The molecule has 0 N–H and O–H groups in total. The first-order valence-electron chi connectivity index (χ1n) is 7.65. The van der Waals surface area contributed by atoms with Crippen molar-refractivity contribution in [2.24, 2.45) is 0 Å². The molecule has 1 aromatic carbocycles. The minimum absolute atomic E-state index is 0.0135. The molecule has 2 fully saturated rings. The van der Waals surface area contributed by atoms with Crippen LogP contribution >= 0.6 is 15.9 Å². The van der Waals surface area contributed by atoms with Crippen LogP contribution in [0.25, 0.3) is 0 Å². The molecule has 2 heterocycles. The van der Waals surface area contributed by atoms with Gasteiger partial charge in [0.1, 0.15) is 6.10 Å². The maximum atomic E-state index is 12.7. The molecule has 0 saturated carbocycles. The Morgan fingerprint density at radius 2 is 1.87 bits per heavy atom. The zero-order chi connectivity index (χ0) is 16.4. The van der Waals surface area contributed by atoms with Gasteiger partial charge in [0.25, 0.3) is 5.91 Å². The van der Waals surface area contributed by atoms with Gasteiger partial charge in [0.2, 0.25) is 10.0 Å². The van der Waals surface area contributed by atoms with Gasteiger partial charge >= 0.3 is 0 Å². The number of sulfonamides is 1. The summed E-state index contributed by atoms with van der Waals surface area (Å²) in [7, 11) is -3.54. The number of piperazine rings is 1. The lowest BCUT2D eigenvalue weighted by molar-refractivity contribution is -0.142. The summed E-state index contributed by atoms with van der Waals surface area (Å²) in [5, 5.41) is 0. The number of rotatable bonds is 3. The summed E-state index contributed by atoms with van der Waals surface area (Å²) in [5.41, 5.74) is 0.